The maximum atomic E-state index is 16.3. The third kappa shape index (κ3) is 11.5. The van der Waals surface area contributed by atoms with Crippen LogP contribution in [0.25, 0.3) is 11.3 Å². The van der Waals surface area contributed by atoms with Crippen LogP contribution in [0.15, 0.2) is 66.9 Å². The number of hydrogen-bond donors (Lipinski definition) is 1. The van der Waals surface area contributed by atoms with Crippen LogP contribution in [-0.2, 0) is 39.9 Å². The van der Waals surface area contributed by atoms with Crippen molar-refractivity contribution in [3.05, 3.63) is 89.9 Å². The van der Waals surface area contributed by atoms with Gasteiger partial charge in [-0.3, -0.25) is 14.4 Å². The van der Waals surface area contributed by atoms with Crippen molar-refractivity contribution >= 4 is 23.8 Å². The summed E-state index contributed by atoms with van der Waals surface area (Å²) >= 11 is 0. The highest BCUT2D eigenvalue weighted by Crippen LogP contribution is 2.39. The fourth-order valence-corrected chi connectivity index (χ4v) is 8.64. The molecule has 4 aliphatic heterocycles. The maximum Gasteiger partial charge on any atom is 0.410 e. The maximum absolute atomic E-state index is 16.3. The van der Waals surface area contributed by atoms with Gasteiger partial charge < -0.3 is 48.2 Å². The Morgan fingerprint density at radius 1 is 1.00 bits per heavy atom. The first-order valence-corrected chi connectivity index (χ1v) is 21.9. The Morgan fingerprint density at radius 3 is 2.48 bits per heavy atom. The first-order chi connectivity index (χ1) is 30.6. The summed E-state index contributed by atoms with van der Waals surface area (Å²) in [6, 6.07) is 11.7. The van der Waals surface area contributed by atoms with Gasteiger partial charge in [0.1, 0.15) is 35.5 Å². The predicted octanol–water partition coefficient (Wildman–Crippen LogP) is 4.73. The van der Waals surface area contributed by atoms with Crippen molar-refractivity contribution in [2.24, 2.45) is 11.8 Å². The number of aromatic nitrogens is 2. The molecule has 5 heterocycles. The normalized spacial score (nSPS) is 22.3. The van der Waals surface area contributed by atoms with Gasteiger partial charge in [-0.15, -0.1) is 0 Å². The predicted molar refractivity (Wildman–Crippen MR) is 226 cm³/mol. The van der Waals surface area contributed by atoms with Gasteiger partial charge in [-0.25, -0.2) is 22.9 Å². The fraction of sp³-hybridized carbons (Fsp3) is 0.543. The average Bonchev–Trinajstić information content (AvgIpc) is 3.96. The SMILES string of the molecule is CC(C)(C)OC(=O)N1CC(F)C(CN(C(=O)C2CN(C(=O)CCOCCN3C(=O)C=CC3O)CCO2)C(c2nc(-c3cc(F)ccc3F)cn2Cc2ccccc2)C2CCOCC2)C1. The zero-order valence-corrected chi connectivity index (χ0v) is 36.5. The molecule has 4 amide bonds. The number of nitrogens with zero attached hydrogens (tertiary/aromatic N) is 6. The molecule has 3 saturated heterocycles. The van der Waals surface area contributed by atoms with Crippen LogP contribution in [0.2, 0.25) is 0 Å². The molecular formula is C46H57F3N6O9. The molecule has 1 aromatic heterocycles. The number of morpholine rings is 1. The lowest BCUT2D eigenvalue weighted by Crippen LogP contribution is -2.55. The van der Waals surface area contributed by atoms with Gasteiger partial charge in [-0.05, 0) is 69.4 Å². The minimum Gasteiger partial charge on any atom is -0.444 e. The van der Waals surface area contributed by atoms with Gasteiger partial charge in [-0.2, -0.15) is 0 Å². The number of amides is 4. The lowest BCUT2D eigenvalue weighted by Gasteiger charge is -2.42. The van der Waals surface area contributed by atoms with Gasteiger partial charge >= 0.3 is 6.09 Å². The number of hydrogen-bond acceptors (Lipinski definition) is 10. The zero-order valence-electron chi connectivity index (χ0n) is 36.5. The van der Waals surface area contributed by atoms with Crippen molar-refractivity contribution in [1.82, 2.24) is 29.2 Å². The number of alkyl halides is 1. The Bertz CT molecular complexity index is 2150. The summed E-state index contributed by atoms with van der Waals surface area (Å²) in [5, 5.41) is 9.94. The molecule has 18 heteroatoms. The van der Waals surface area contributed by atoms with E-state index in [2.05, 4.69) is 0 Å². The lowest BCUT2D eigenvalue weighted by atomic mass is 9.88. The van der Waals surface area contributed by atoms with Crippen LogP contribution in [0.5, 0.6) is 0 Å². The number of carbonyl (C=O) groups is 4. The van der Waals surface area contributed by atoms with Crippen molar-refractivity contribution in [2.75, 3.05) is 72.3 Å². The standard InChI is InChI=1S/C46H57F3N6O9/c1-46(2,3)64-45(60)53-25-32(36(49)27-53)26-55(44(59)38-29-51(16-22-63-38)39(56)15-20-62-21-17-54-40(57)11-12-41(54)58)42(31-13-18-61-19-14-31)43-50-37(34-23-33(47)9-10-35(34)48)28-52(43)24-30-7-5-4-6-8-30/h4-12,23,28,31-32,36,38,40,42,57H,13-22,24-27,29H2,1-3H3. The van der Waals surface area contributed by atoms with E-state index in [1.165, 1.54) is 26.9 Å². The lowest BCUT2D eigenvalue weighted by molar-refractivity contribution is -0.159. The molecule has 0 spiro atoms. The molecule has 4 aliphatic rings. The van der Waals surface area contributed by atoms with Crippen molar-refractivity contribution < 1.29 is 56.4 Å². The number of imidazole rings is 1. The van der Waals surface area contributed by atoms with Gasteiger partial charge in [0.15, 0.2) is 6.10 Å². The Labute approximate surface area is 370 Å². The summed E-state index contributed by atoms with van der Waals surface area (Å²) in [4.78, 5) is 64.6. The van der Waals surface area contributed by atoms with E-state index < -0.39 is 59.7 Å². The average molecular weight is 895 g/mol. The molecule has 7 rings (SSSR count). The number of aliphatic hydroxyl groups is 1. The van der Waals surface area contributed by atoms with Crippen molar-refractivity contribution in [2.45, 2.75) is 76.7 Å². The summed E-state index contributed by atoms with van der Waals surface area (Å²) in [7, 11) is 0. The van der Waals surface area contributed by atoms with Crippen LogP contribution in [0.4, 0.5) is 18.0 Å². The molecule has 0 saturated carbocycles. The molecule has 3 aromatic rings. The summed E-state index contributed by atoms with van der Waals surface area (Å²) in [5.74, 6) is -3.29. The number of ether oxygens (including phenoxy) is 4. The van der Waals surface area contributed by atoms with Crippen LogP contribution in [-0.4, -0.2) is 154 Å². The highest BCUT2D eigenvalue weighted by atomic mass is 19.1. The number of likely N-dealkylation sites (tertiary alicyclic amines) is 1. The molecule has 5 atom stereocenters. The van der Waals surface area contributed by atoms with Crippen molar-refractivity contribution in [3.8, 4) is 11.3 Å². The van der Waals surface area contributed by atoms with E-state index in [4.69, 9.17) is 23.9 Å². The second-order valence-electron chi connectivity index (χ2n) is 17.6. The van der Waals surface area contributed by atoms with Gasteiger partial charge in [0.2, 0.25) is 11.8 Å². The van der Waals surface area contributed by atoms with E-state index in [0.717, 1.165) is 23.8 Å². The molecule has 64 heavy (non-hydrogen) atoms. The van der Waals surface area contributed by atoms with E-state index in [9.17, 15) is 23.9 Å². The molecule has 0 aliphatic carbocycles. The Hall–Kier alpha value is -5.30. The van der Waals surface area contributed by atoms with Gasteiger partial charge in [0.25, 0.3) is 5.91 Å². The number of aliphatic hydroxyl groups excluding tert-OH is 1. The molecule has 0 radical (unpaired) electrons. The molecule has 2 aromatic carbocycles. The monoisotopic (exact) mass is 894 g/mol. The molecule has 15 nitrogen and oxygen atoms in total. The van der Waals surface area contributed by atoms with E-state index >= 15 is 13.6 Å². The number of benzene rings is 2. The highest BCUT2D eigenvalue weighted by Gasteiger charge is 2.45. The van der Waals surface area contributed by atoms with E-state index in [1.807, 2.05) is 34.9 Å². The summed E-state index contributed by atoms with van der Waals surface area (Å²) < 4.78 is 71.4. The van der Waals surface area contributed by atoms with E-state index in [0.29, 0.717) is 31.9 Å². The first-order valence-electron chi connectivity index (χ1n) is 21.9. The summed E-state index contributed by atoms with van der Waals surface area (Å²) in [6.07, 6.45) is 0.838. The second kappa shape index (κ2) is 20.7. The fourth-order valence-electron chi connectivity index (χ4n) is 8.64. The number of rotatable bonds is 15. The summed E-state index contributed by atoms with van der Waals surface area (Å²) in [5.41, 5.74) is 0.115. The Morgan fingerprint density at radius 2 is 1.77 bits per heavy atom. The van der Waals surface area contributed by atoms with Crippen LogP contribution in [0.3, 0.4) is 0 Å². The van der Waals surface area contributed by atoms with Crippen molar-refractivity contribution in [3.63, 3.8) is 0 Å². The topological polar surface area (TPSA) is 156 Å². The van der Waals surface area contributed by atoms with Crippen LogP contribution < -0.4 is 0 Å². The molecule has 5 unspecified atom stereocenters. The van der Waals surface area contributed by atoms with Gasteiger partial charge in [-0.1, -0.05) is 30.3 Å². The van der Waals surface area contributed by atoms with Crippen LogP contribution in [0.1, 0.15) is 57.5 Å². The largest absolute Gasteiger partial charge is 0.444 e. The molecule has 0 bridgehead atoms. The number of carbonyl (C=O) groups excluding carboxylic acids is 4. The minimum atomic E-state index is -1.53. The van der Waals surface area contributed by atoms with E-state index in [1.54, 1.807) is 31.9 Å². The summed E-state index contributed by atoms with van der Waals surface area (Å²) in [6.45, 7) is 6.08. The van der Waals surface area contributed by atoms with Crippen LogP contribution >= 0.6 is 0 Å². The third-order valence-electron chi connectivity index (χ3n) is 11.9. The first kappa shape index (κ1) is 46.7. The van der Waals surface area contributed by atoms with Crippen LogP contribution in [0, 0.1) is 23.5 Å². The highest BCUT2D eigenvalue weighted by molar-refractivity contribution is 5.90. The molecule has 346 valence electrons. The molecule has 1 N–H and O–H groups in total. The van der Waals surface area contributed by atoms with E-state index in [-0.39, 0.29) is 101 Å². The van der Waals surface area contributed by atoms with Crippen molar-refractivity contribution in [1.29, 1.82) is 0 Å². The zero-order chi connectivity index (χ0) is 45.5. The third-order valence-corrected chi connectivity index (χ3v) is 11.9. The van der Waals surface area contributed by atoms with Gasteiger partial charge in [0, 0.05) is 69.7 Å². The smallest absolute Gasteiger partial charge is 0.410 e. The Kier molecular flexibility index (Phi) is 15.1. The molecule has 3 fully saturated rings. The minimum absolute atomic E-state index is 0.0213. The Balaban J connectivity index is 1.20. The number of halogens is 3. The van der Waals surface area contributed by atoms with Gasteiger partial charge in [0.05, 0.1) is 51.1 Å². The quantitative estimate of drug-likeness (QED) is 0.212. The molecular weight excluding hydrogens is 838 g/mol. The second-order valence-corrected chi connectivity index (χ2v) is 17.6.